The smallest absolute Gasteiger partial charge is 0.335 e. The Balaban J connectivity index is 1.51. The second-order valence-corrected chi connectivity index (χ2v) is 8.98. The van der Waals surface area contributed by atoms with Gasteiger partial charge in [-0.2, -0.15) is 0 Å². The topological polar surface area (TPSA) is 114 Å². The summed E-state index contributed by atoms with van der Waals surface area (Å²) in [5.41, 5.74) is 1.49. The van der Waals surface area contributed by atoms with Gasteiger partial charge in [-0.25, -0.2) is 4.79 Å². The van der Waals surface area contributed by atoms with E-state index in [-0.39, 0.29) is 28.5 Å². The van der Waals surface area contributed by atoms with Crippen LogP contribution in [0.2, 0.25) is 4.34 Å². The van der Waals surface area contributed by atoms with Crippen LogP contribution >= 0.6 is 22.9 Å². The molecule has 1 aliphatic heterocycles. The molecule has 1 aromatic heterocycles. The van der Waals surface area contributed by atoms with Crippen LogP contribution in [-0.2, 0) is 15.9 Å². The lowest BCUT2D eigenvalue weighted by Gasteiger charge is -2.19. The fraction of sp³-hybridized carbons (Fsp3) is 0.125. The molecule has 0 spiro atoms. The van der Waals surface area contributed by atoms with Gasteiger partial charge < -0.3 is 25.2 Å². The van der Waals surface area contributed by atoms with Crippen molar-refractivity contribution in [2.45, 2.75) is 12.5 Å². The zero-order chi connectivity index (χ0) is 24.1. The summed E-state index contributed by atoms with van der Waals surface area (Å²) in [6.45, 7) is 0.0722. The van der Waals surface area contributed by atoms with Gasteiger partial charge in [0.05, 0.1) is 21.5 Å². The second-order valence-electron chi connectivity index (χ2n) is 7.29. The predicted octanol–water partition coefficient (Wildman–Crippen LogP) is 4.54. The van der Waals surface area contributed by atoms with Crippen molar-refractivity contribution in [1.29, 1.82) is 0 Å². The number of nitrogens with one attached hydrogen (secondary N) is 2. The number of carbonyl (C=O) groups is 3. The van der Waals surface area contributed by atoms with E-state index < -0.39 is 23.8 Å². The van der Waals surface area contributed by atoms with Gasteiger partial charge in [-0.15, -0.1) is 11.3 Å². The van der Waals surface area contributed by atoms with Crippen LogP contribution in [-0.4, -0.2) is 35.7 Å². The van der Waals surface area contributed by atoms with E-state index in [4.69, 9.17) is 26.2 Å². The monoisotopic (exact) mass is 498 g/mol. The van der Waals surface area contributed by atoms with Crippen LogP contribution in [0.25, 0.3) is 0 Å². The standard InChI is InChI=1S/C24H19ClN2O6S/c25-20-11-17(23(34-20)27-21(28)15-6-8-16(9-7-15)24(30)31)22(29)26-18(19-12-32-13-33-19)10-14-4-2-1-3-5-14/h1-9,11-12,18H,10,13H2,(H,26,29)(H,27,28)(H,30,31). The van der Waals surface area contributed by atoms with Gasteiger partial charge >= 0.3 is 5.97 Å². The number of amides is 2. The molecule has 1 atom stereocenters. The van der Waals surface area contributed by atoms with Crippen molar-refractivity contribution >= 4 is 45.7 Å². The number of anilines is 1. The number of ether oxygens (including phenoxy) is 2. The lowest BCUT2D eigenvalue weighted by atomic mass is 10.0. The average Bonchev–Trinajstić information content (AvgIpc) is 3.49. The molecule has 2 heterocycles. The van der Waals surface area contributed by atoms with Crippen LogP contribution in [0.4, 0.5) is 5.00 Å². The first kappa shape index (κ1) is 23.3. The molecule has 0 aliphatic carbocycles. The third kappa shape index (κ3) is 5.56. The van der Waals surface area contributed by atoms with Crippen molar-refractivity contribution in [3.05, 3.63) is 99.3 Å². The van der Waals surface area contributed by atoms with Crippen molar-refractivity contribution in [2.75, 3.05) is 12.1 Å². The van der Waals surface area contributed by atoms with Crippen LogP contribution in [0.3, 0.4) is 0 Å². The molecule has 3 aromatic rings. The van der Waals surface area contributed by atoms with Gasteiger partial charge in [-0.3, -0.25) is 9.59 Å². The first-order chi connectivity index (χ1) is 16.4. The molecule has 0 bridgehead atoms. The summed E-state index contributed by atoms with van der Waals surface area (Å²) in [6, 6.07) is 16.0. The van der Waals surface area contributed by atoms with E-state index in [0.29, 0.717) is 16.5 Å². The number of thiophene rings is 1. The molecule has 0 radical (unpaired) electrons. The molecule has 0 saturated carbocycles. The number of hydrogen-bond acceptors (Lipinski definition) is 6. The number of carboxylic acids is 1. The molecular weight excluding hydrogens is 480 g/mol. The Morgan fingerprint density at radius 2 is 1.74 bits per heavy atom. The third-order valence-corrected chi connectivity index (χ3v) is 6.17. The van der Waals surface area contributed by atoms with Gasteiger partial charge in [0, 0.05) is 12.0 Å². The van der Waals surface area contributed by atoms with Crippen molar-refractivity contribution in [1.82, 2.24) is 5.32 Å². The van der Waals surface area contributed by atoms with Crippen LogP contribution in [0.1, 0.15) is 36.6 Å². The van der Waals surface area contributed by atoms with Gasteiger partial charge in [-0.1, -0.05) is 41.9 Å². The van der Waals surface area contributed by atoms with E-state index in [1.807, 2.05) is 30.3 Å². The summed E-state index contributed by atoms with van der Waals surface area (Å²) in [5, 5.41) is 14.9. The Morgan fingerprint density at radius 3 is 2.38 bits per heavy atom. The lowest BCUT2D eigenvalue weighted by Crippen LogP contribution is -2.38. The molecule has 10 heteroatoms. The van der Waals surface area contributed by atoms with E-state index in [0.717, 1.165) is 16.9 Å². The minimum atomic E-state index is -1.09. The highest BCUT2D eigenvalue weighted by molar-refractivity contribution is 7.20. The predicted molar refractivity (Wildman–Crippen MR) is 127 cm³/mol. The molecule has 34 heavy (non-hydrogen) atoms. The first-order valence-corrected chi connectivity index (χ1v) is 11.3. The summed E-state index contributed by atoms with van der Waals surface area (Å²) >= 11 is 7.20. The number of hydrogen-bond donors (Lipinski definition) is 3. The van der Waals surface area contributed by atoms with Crippen molar-refractivity contribution in [3.8, 4) is 0 Å². The molecule has 2 amide bonds. The molecular formula is C24H19ClN2O6S. The first-order valence-electron chi connectivity index (χ1n) is 10.1. The average molecular weight is 499 g/mol. The highest BCUT2D eigenvalue weighted by Gasteiger charge is 2.26. The number of carboxylic acid groups (broad SMARTS) is 1. The molecule has 0 saturated heterocycles. The molecule has 8 nitrogen and oxygen atoms in total. The lowest BCUT2D eigenvalue weighted by molar-refractivity contribution is 0.0696. The maximum atomic E-state index is 13.2. The summed E-state index contributed by atoms with van der Waals surface area (Å²) in [4.78, 5) is 36.9. The largest absolute Gasteiger partial charge is 0.478 e. The van der Waals surface area contributed by atoms with E-state index in [2.05, 4.69) is 10.6 Å². The van der Waals surface area contributed by atoms with Gasteiger partial charge in [0.25, 0.3) is 11.8 Å². The summed E-state index contributed by atoms with van der Waals surface area (Å²) in [7, 11) is 0. The highest BCUT2D eigenvalue weighted by atomic mass is 35.5. The minimum absolute atomic E-state index is 0.0626. The highest BCUT2D eigenvalue weighted by Crippen LogP contribution is 2.32. The molecule has 2 aromatic carbocycles. The summed E-state index contributed by atoms with van der Waals surface area (Å²) < 4.78 is 11.0. The summed E-state index contributed by atoms with van der Waals surface area (Å²) in [5.74, 6) is -1.55. The second kappa shape index (κ2) is 10.4. The third-order valence-electron chi connectivity index (χ3n) is 4.99. The zero-order valence-electron chi connectivity index (χ0n) is 17.6. The Kier molecular flexibility index (Phi) is 7.15. The van der Waals surface area contributed by atoms with Gasteiger partial charge in [0.15, 0.2) is 5.76 Å². The Labute approximate surface area is 203 Å². The van der Waals surface area contributed by atoms with Crippen molar-refractivity contribution in [2.24, 2.45) is 0 Å². The Bertz CT molecular complexity index is 1240. The number of aromatic carboxylic acids is 1. The molecule has 1 unspecified atom stereocenters. The zero-order valence-corrected chi connectivity index (χ0v) is 19.2. The van der Waals surface area contributed by atoms with E-state index in [1.165, 1.54) is 36.6 Å². The van der Waals surface area contributed by atoms with Crippen molar-refractivity contribution < 1.29 is 29.0 Å². The van der Waals surface area contributed by atoms with Gasteiger partial charge in [0.1, 0.15) is 11.3 Å². The molecule has 1 aliphatic rings. The Hall–Kier alpha value is -3.82. The van der Waals surface area contributed by atoms with E-state index in [9.17, 15) is 14.4 Å². The Morgan fingerprint density at radius 1 is 1.03 bits per heavy atom. The fourth-order valence-electron chi connectivity index (χ4n) is 3.31. The van der Waals surface area contributed by atoms with Crippen LogP contribution < -0.4 is 10.6 Å². The quantitative estimate of drug-likeness (QED) is 0.420. The minimum Gasteiger partial charge on any atom is -0.478 e. The number of halogens is 1. The van der Waals surface area contributed by atoms with E-state index >= 15 is 0 Å². The van der Waals surface area contributed by atoms with Crippen LogP contribution in [0, 0.1) is 0 Å². The number of benzene rings is 2. The molecule has 3 N–H and O–H groups in total. The fourth-order valence-corrected chi connectivity index (χ4v) is 4.42. The van der Waals surface area contributed by atoms with Gasteiger partial charge in [0.2, 0.25) is 6.79 Å². The maximum Gasteiger partial charge on any atom is 0.335 e. The maximum absolute atomic E-state index is 13.2. The SMILES string of the molecule is O=C(O)c1ccc(C(=O)Nc2sc(Cl)cc2C(=O)NC(Cc2ccccc2)C2=COCO2)cc1. The van der Waals surface area contributed by atoms with Crippen LogP contribution in [0.5, 0.6) is 0 Å². The number of rotatable bonds is 8. The number of carbonyl (C=O) groups excluding carboxylic acids is 2. The van der Waals surface area contributed by atoms with Gasteiger partial charge in [-0.05, 0) is 35.9 Å². The molecule has 174 valence electrons. The van der Waals surface area contributed by atoms with E-state index in [1.54, 1.807) is 0 Å². The normalized spacial score (nSPS) is 13.3. The molecule has 0 fully saturated rings. The summed E-state index contributed by atoms with van der Waals surface area (Å²) in [6.07, 6.45) is 1.94. The van der Waals surface area contributed by atoms with Crippen molar-refractivity contribution in [3.63, 3.8) is 0 Å². The van der Waals surface area contributed by atoms with Crippen LogP contribution in [0.15, 0.2) is 72.7 Å². The molecule has 4 rings (SSSR count).